The Labute approximate surface area is 93.6 Å². The summed E-state index contributed by atoms with van der Waals surface area (Å²) in [5.74, 6) is -1.13. The first kappa shape index (κ1) is 10.4. The maximum atomic E-state index is 10.7. The van der Waals surface area contributed by atoms with Gasteiger partial charge in [0.25, 0.3) is 5.69 Å². The first-order valence-corrected chi connectivity index (χ1v) is 4.57. The second kappa shape index (κ2) is 3.49. The lowest BCUT2D eigenvalue weighted by atomic mass is 10.2. The number of H-pyrrole nitrogens is 1. The van der Waals surface area contributed by atoms with Crippen LogP contribution in [-0.2, 0) is 0 Å². The van der Waals surface area contributed by atoms with E-state index in [0.717, 1.165) is 0 Å². The van der Waals surface area contributed by atoms with E-state index < -0.39 is 10.9 Å². The van der Waals surface area contributed by atoms with Gasteiger partial charge in [0.15, 0.2) is 0 Å². The molecule has 0 aliphatic heterocycles. The van der Waals surface area contributed by atoms with Gasteiger partial charge in [-0.2, -0.15) is 0 Å². The molecule has 0 spiro atoms. The third-order valence-corrected chi connectivity index (χ3v) is 2.42. The van der Waals surface area contributed by atoms with E-state index in [2.05, 4.69) is 4.98 Å². The fraction of sp³-hybridized carbons (Fsp3) is 0. The van der Waals surface area contributed by atoms with E-state index in [9.17, 15) is 14.9 Å². The molecule has 2 N–H and O–H groups in total. The van der Waals surface area contributed by atoms with Gasteiger partial charge in [0.1, 0.15) is 10.7 Å². The van der Waals surface area contributed by atoms with Crippen LogP contribution >= 0.6 is 11.6 Å². The van der Waals surface area contributed by atoms with E-state index in [4.69, 9.17) is 16.7 Å². The van der Waals surface area contributed by atoms with E-state index >= 15 is 0 Å². The number of benzene rings is 1. The van der Waals surface area contributed by atoms with Crippen LogP contribution in [0.4, 0.5) is 5.69 Å². The lowest BCUT2D eigenvalue weighted by Crippen LogP contribution is -1.94. The Morgan fingerprint density at radius 2 is 2.12 bits per heavy atom. The van der Waals surface area contributed by atoms with Crippen LogP contribution in [0.3, 0.4) is 0 Å². The Kier molecular flexibility index (Phi) is 2.28. The van der Waals surface area contributed by atoms with Crippen molar-refractivity contribution in [3.05, 3.63) is 39.0 Å². The Hall–Kier alpha value is -2.08. The molecule has 1 heterocycles. The molecular weight excluding hydrogens is 236 g/mol. The molecule has 0 aliphatic carbocycles. The highest BCUT2D eigenvalue weighted by molar-refractivity contribution is 6.33. The quantitative estimate of drug-likeness (QED) is 0.622. The number of aromatic amines is 1. The zero-order valence-corrected chi connectivity index (χ0v) is 8.49. The third-order valence-electron chi connectivity index (χ3n) is 2.12. The highest BCUT2D eigenvalue weighted by Gasteiger charge is 2.16. The standard InChI is InChI=1S/C9H5ClN2O4/c10-5-1-4-2-7(9(13)14)11-6(4)3-8(5)12(15)16/h1-3,11H,(H,13,14). The van der Waals surface area contributed by atoms with Crippen LogP contribution in [0.1, 0.15) is 10.5 Å². The van der Waals surface area contributed by atoms with Gasteiger partial charge in [-0.15, -0.1) is 0 Å². The highest BCUT2D eigenvalue weighted by atomic mass is 35.5. The van der Waals surface area contributed by atoms with Crippen LogP contribution in [0.5, 0.6) is 0 Å². The van der Waals surface area contributed by atoms with Gasteiger partial charge in [0, 0.05) is 11.5 Å². The van der Waals surface area contributed by atoms with Gasteiger partial charge < -0.3 is 10.1 Å². The van der Waals surface area contributed by atoms with Crippen LogP contribution in [0.2, 0.25) is 5.02 Å². The topological polar surface area (TPSA) is 96.2 Å². The van der Waals surface area contributed by atoms with Crippen molar-refractivity contribution in [2.45, 2.75) is 0 Å². The number of fused-ring (bicyclic) bond motifs is 1. The van der Waals surface area contributed by atoms with Crippen molar-refractivity contribution < 1.29 is 14.8 Å². The van der Waals surface area contributed by atoms with E-state index in [1.807, 2.05) is 0 Å². The second-order valence-corrected chi connectivity index (χ2v) is 3.54. The molecule has 7 heteroatoms. The number of nitro groups is 1. The monoisotopic (exact) mass is 240 g/mol. The van der Waals surface area contributed by atoms with Crippen molar-refractivity contribution in [2.24, 2.45) is 0 Å². The predicted molar refractivity (Wildman–Crippen MR) is 56.9 cm³/mol. The number of carboxylic acids is 1. The second-order valence-electron chi connectivity index (χ2n) is 3.14. The highest BCUT2D eigenvalue weighted by Crippen LogP contribution is 2.29. The molecule has 0 aliphatic rings. The van der Waals surface area contributed by atoms with E-state index in [1.165, 1.54) is 18.2 Å². The van der Waals surface area contributed by atoms with Crippen molar-refractivity contribution in [2.75, 3.05) is 0 Å². The number of aromatic nitrogens is 1. The molecule has 0 saturated carbocycles. The van der Waals surface area contributed by atoms with E-state index in [-0.39, 0.29) is 16.4 Å². The molecule has 0 atom stereocenters. The molecule has 0 saturated heterocycles. The minimum absolute atomic E-state index is 0.0200. The summed E-state index contributed by atoms with van der Waals surface area (Å²) in [6.07, 6.45) is 0. The van der Waals surface area contributed by atoms with Crippen LogP contribution < -0.4 is 0 Å². The Morgan fingerprint density at radius 3 is 2.69 bits per heavy atom. The molecule has 1 aromatic carbocycles. The summed E-state index contributed by atoms with van der Waals surface area (Å²) in [6.45, 7) is 0. The number of nitrogens with one attached hydrogen (secondary N) is 1. The normalized spacial score (nSPS) is 10.6. The lowest BCUT2D eigenvalue weighted by molar-refractivity contribution is -0.384. The summed E-state index contributed by atoms with van der Waals surface area (Å²) in [5, 5.41) is 19.8. The zero-order valence-electron chi connectivity index (χ0n) is 7.73. The summed E-state index contributed by atoms with van der Waals surface area (Å²) < 4.78 is 0. The number of hydrogen-bond acceptors (Lipinski definition) is 3. The molecule has 0 bridgehead atoms. The summed E-state index contributed by atoms with van der Waals surface area (Å²) in [7, 11) is 0. The van der Waals surface area contributed by atoms with Crippen molar-refractivity contribution >= 4 is 34.2 Å². The van der Waals surface area contributed by atoms with Crippen LogP contribution in [0.25, 0.3) is 10.9 Å². The molecule has 2 aromatic rings. The van der Waals surface area contributed by atoms with Crippen molar-refractivity contribution in [3.8, 4) is 0 Å². The fourth-order valence-corrected chi connectivity index (χ4v) is 1.64. The smallest absolute Gasteiger partial charge is 0.352 e. The number of carbonyl (C=O) groups is 1. The van der Waals surface area contributed by atoms with Gasteiger partial charge in [-0.25, -0.2) is 4.79 Å². The number of hydrogen-bond donors (Lipinski definition) is 2. The largest absolute Gasteiger partial charge is 0.477 e. The zero-order chi connectivity index (χ0) is 11.9. The van der Waals surface area contributed by atoms with Gasteiger partial charge >= 0.3 is 5.97 Å². The molecule has 0 fully saturated rings. The first-order chi connectivity index (χ1) is 7.49. The number of aromatic carboxylic acids is 1. The number of halogens is 1. The maximum Gasteiger partial charge on any atom is 0.352 e. The number of nitro benzene ring substituents is 1. The minimum atomic E-state index is -1.13. The SMILES string of the molecule is O=C(O)c1cc2cc(Cl)c([N+](=O)[O-])cc2[nH]1. The molecule has 16 heavy (non-hydrogen) atoms. The van der Waals surface area contributed by atoms with Gasteiger partial charge in [-0.05, 0) is 12.1 Å². The van der Waals surface area contributed by atoms with Crippen LogP contribution in [-0.4, -0.2) is 21.0 Å². The fourth-order valence-electron chi connectivity index (χ4n) is 1.40. The molecule has 1 aromatic heterocycles. The number of rotatable bonds is 2. The molecule has 82 valence electrons. The minimum Gasteiger partial charge on any atom is -0.477 e. The maximum absolute atomic E-state index is 10.7. The van der Waals surface area contributed by atoms with Crippen LogP contribution in [0, 0.1) is 10.1 Å². The Balaban J connectivity index is 2.70. The predicted octanol–water partition coefficient (Wildman–Crippen LogP) is 2.43. The number of carboxylic acid groups (broad SMARTS) is 1. The van der Waals surface area contributed by atoms with Crippen molar-refractivity contribution in [3.63, 3.8) is 0 Å². The summed E-state index contributed by atoms with van der Waals surface area (Å²) in [5.41, 5.74) is 0.0769. The van der Waals surface area contributed by atoms with Gasteiger partial charge in [0.05, 0.1) is 10.4 Å². The summed E-state index contributed by atoms with van der Waals surface area (Å²) in [4.78, 5) is 23.2. The summed E-state index contributed by atoms with van der Waals surface area (Å²) >= 11 is 5.68. The van der Waals surface area contributed by atoms with Gasteiger partial charge in [-0.1, -0.05) is 11.6 Å². The van der Waals surface area contributed by atoms with Crippen LogP contribution in [0.15, 0.2) is 18.2 Å². The molecule has 0 unspecified atom stereocenters. The molecule has 6 nitrogen and oxygen atoms in total. The van der Waals surface area contributed by atoms with Crippen molar-refractivity contribution in [1.82, 2.24) is 4.98 Å². The van der Waals surface area contributed by atoms with Gasteiger partial charge in [0.2, 0.25) is 0 Å². The number of nitrogens with zero attached hydrogens (tertiary/aromatic N) is 1. The Morgan fingerprint density at radius 1 is 1.44 bits per heavy atom. The van der Waals surface area contributed by atoms with Crippen molar-refractivity contribution in [1.29, 1.82) is 0 Å². The van der Waals surface area contributed by atoms with Gasteiger partial charge in [-0.3, -0.25) is 10.1 Å². The average molecular weight is 241 g/mol. The molecule has 0 radical (unpaired) electrons. The average Bonchev–Trinajstić information content (AvgIpc) is 2.58. The third kappa shape index (κ3) is 1.59. The molecule has 0 amide bonds. The molecular formula is C9H5ClN2O4. The first-order valence-electron chi connectivity index (χ1n) is 4.19. The summed E-state index contributed by atoms with van der Waals surface area (Å²) in [6, 6.07) is 3.94. The Bertz CT molecular complexity index is 605. The molecule has 2 rings (SSSR count). The lowest BCUT2D eigenvalue weighted by Gasteiger charge is -1.94. The van der Waals surface area contributed by atoms with E-state index in [0.29, 0.717) is 10.9 Å². The van der Waals surface area contributed by atoms with E-state index in [1.54, 1.807) is 0 Å².